The van der Waals surface area contributed by atoms with E-state index in [4.69, 9.17) is 10.8 Å². The Bertz CT molecular complexity index is 815. The van der Waals surface area contributed by atoms with Crippen LogP contribution in [0.25, 0.3) is 10.2 Å². The molecule has 3 N–H and O–H groups in total. The molecule has 9 heteroatoms. The van der Waals surface area contributed by atoms with Crippen molar-refractivity contribution in [3.8, 4) is 0 Å². The number of hydrogen-bond acceptors (Lipinski definition) is 6. The molecule has 3 rings (SSSR count). The quantitative estimate of drug-likeness (QED) is 0.862. The lowest BCUT2D eigenvalue weighted by Gasteiger charge is -2.13. The molecule has 7 nitrogen and oxygen atoms in total. The molecule has 112 valence electrons. The van der Waals surface area contributed by atoms with Crippen molar-refractivity contribution in [3.63, 3.8) is 0 Å². The first-order chi connectivity index (χ1) is 9.88. The lowest BCUT2D eigenvalue weighted by molar-refractivity contribution is 0.156. The van der Waals surface area contributed by atoms with Gasteiger partial charge in [-0.25, -0.2) is 18.2 Å². The van der Waals surface area contributed by atoms with Crippen molar-refractivity contribution in [1.29, 1.82) is 0 Å². The molecule has 1 aliphatic heterocycles. The van der Waals surface area contributed by atoms with E-state index < -0.39 is 21.2 Å². The third kappa shape index (κ3) is 2.42. The molecule has 0 aliphatic carbocycles. The fraction of sp³-hybridized carbons (Fsp3) is 0.333. The highest BCUT2D eigenvalue weighted by Crippen LogP contribution is 2.29. The van der Waals surface area contributed by atoms with E-state index in [2.05, 4.69) is 4.98 Å². The number of aromatic nitrogens is 1. The van der Waals surface area contributed by atoms with Gasteiger partial charge in [0.15, 0.2) is 15.0 Å². The first kappa shape index (κ1) is 14.1. The van der Waals surface area contributed by atoms with Crippen molar-refractivity contribution in [3.05, 3.63) is 18.2 Å². The van der Waals surface area contributed by atoms with Gasteiger partial charge >= 0.3 is 6.09 Å². The molecule has 1 aliphatic rings. The van der Waals surface area contributed by atoms with Gasteiger partial charge in [-0.05, 0) is 24.6 Å². The highest BCUT2D eigenvalue weighted by atomic mass is 32.2. The number of nitrogens with two attached hydrogens (primary N) is 1. The number of anilines is 1. The lowest BCUT2D eigenvalue weighted by Crippen LogP contribution is -2.30. The van der Waals surface area contributed by atoms with Gasteiger partial charge in [0.2, 0.25) is 0 Å². The van der Waals surface area contributed by atoms with Crippen LogP contribution in [0.1, 0.15) is 6.42 Å². The largest absolute Gasteiger partial charge is 0.465 e. The van der Waals surface area contributed by atoms with Gasteiger partial charge in [-0.1, -0.05) is 11.3 Å². The molecule has 1 amide bonds. The standard InChI is InChI=1S/C12H13N3O4S2/c13-11-14-9-2-1-7(5-10(9)20-11)21(18,19)8-3-4-15(6-8)12(16)17/h1-2,5,8H,3-4,6H2,(H2,13,14)(H,16,17)/t8-/m1/s1. The third-order valence-electron chi connectivity index (χ3n) is 3.56. The van der Waals surface area contributed by atoms with Crippen LogP contribution in [0, 0.1) is 0 Å². The Labute approximate surface area is 124 Å². The molecule has 0 spiro atoms. The van der Waals surface area contributed by atoms with E-state index in [0.29, 0.717) is 21.8 Å². The number of amides is 1. The number of rotatable bonds is 2. The summed E-state index contributed by atoms with van der Waals surface area (Å²) in [6.45, 7) is 0.259. The zero-order valence-electron chi connectivity index (χ0n) is 10.9. The fourth-order valence-corrected chi connectivity index (χ4v) is 5.01. The summed E-state index contributed by atoms with van der Waals surface area (Å²) in [5.41, 5.74) is 6.27. The molecule has 1 fully saturated rings. The predicted molar refractivity (Wildman–Crippen MR) is 79.2 cm³/mol. The maximum Gasteiger partial charge on any atom is 0.407 e. The summed E-state index contributed by atoms with van der Waals surface area (Å²) in [7, 11) is -3.55. The first-order valence-electron chi connectivity index (χ1n) is 6.26. The summed E-state index contributed by atoms with van der Waals surface area (Å²) in [5, 5.41) is 8.61. The molecule has 1 aromatic heterocycles. The number of carboxylic acid groups (broad SMARTS) is 1. The summed E-state index contributed by atoms with van der Waals surface area (Å²) in [6, 6.07) is 4.68. The minimum atomic E-state index is -3.55. The minimum Gasteiger partial charge on any atom is -0.465 e. The first-order valence-corrected chi connectivity index (χ1v) is 8.62. The monoisotopic (exact) mass is 327 g/mol. The van der Waals surface area contributed by atoms with Crippen molar-refractivity contribution in [2.24, 2.45) is 0 Å². The second-order valence-corrected chi connectivity index (χ2v) is 8.16. The van der Waals surface area contributed by atoms with Crippen LogP contribution in [0.4, 0.5) is 9.93 Å². The summed E-state index contributed by atoms with van der Waals surface area (Å²) in [5.74, 6) is 0. The number of nitrogens with zero attached hydrogens (tertiary/aromatic N) is 2. The van der Waals surface area contributed by atoms with E-state index >= 15 is 0 Å². The molecule has 2 heterocycles. The maximum absolute atomic E-state index is 12.6. The Hall–Kier alpha value is -1.87. The Morgan fingerprint density at radius 2 is 2.24 bits per heavy atom. The van der Waals surface area contributed by atoms with Crippen LogP contribution in [0.3, 0.4) is 0 Å². The number of likely N-dealkylation sites (tertiary alicyclic amines) is 1. The van der Waals surface area contributed by atoms with Crippen LogP contribution in [0.5, 0.6) is 0 Å². The van der Waals surface area contributed by atoms with E-state index in [9.17, 15) is 13.2 Å². The summed E-state index contributed by atoms with van der Waals surface area (Å²) in [6.07, 6.45) is -0.768. The molecular weight excluding hydrogens is 314 g/mol. The predicted octanol–water partition coefficient (Wildman–Crippen LogP) is 1.40. The van der Waals surface area contributed by atoms with E-state index in [-0.39, 0.29) is 18.0 Å². The second kappa shape index (κ2) is 4.85. The van der Waals surface area contributed by atoms with Gasteiger partial charge in [-0.15, -0.1) is 0 Å². The van der Waals surface area contributed by atoms with E-state index in [1.165, 1.54) is 17.4 Å². The van der Waals surface area contributed by atoms with Crippen molar-refractivity contribution >= 4 is 42.6 Å². The maximum atomic E-state index is 12.6. The number of hydrogen-bond donors (Lipinski definition) is 2. The van der Waals surface area contributed by atoms with Crippen LogP contribution in [0.15, 0.2) is 23.1 Å². The van der Waals surface area contributed by atoms with Crippen molar-refractivity contribution < 1.29 is 18.3 Å². The van der Waals surface area contributed by atoms with Gasteiger partial charge in [0.25, 0.3) is 0 Å². The molecule has 21 heavy (non-hydrogen) atoms. The topological polar surface area (TPSA) is 114 Å². The number of benzene rings is 1. The van der Waals surface area contributed by atoms with Crippen molar-refractivity contribution in [1.82, 2.24) is 9.88 Å². The summed E-state index contributed by atoms with van der Waals surface area (Å²) >= 11 is 1.23. The van der Waals surface area contributed by atoms with Crippen LogP contribution in [0.2, 0.25) is 0 Å². The molecule has 1 atom stereocenters. The molecule has 2 aromatic rings. The molecule has 0 saturated carbocycles. The summed E-state index contributed by atoms with van der Waals surface area (Å²) < 4.78 is 25.9. The van der Waals surface area contributed by atoms with Crippen LogP contribution in [-0.2, 0) is 9.84 Å². The molecule has 0 unspecified atom stereocenters. The van der Waals surface area contributed by atoms with Gasteiger partial charge in [0.1, 0.15) is 0 Å². The number of carbonyl (C=O) groups is 1. The highest BCUT2D eigenvalue weighted by Gasteiger charge is 2.36. The molecule has 1 aromatic carbocycles. The SMILES string of the molecule is Nc1nc2ccc(S(=O)(=O)[C@@H]3CCN(C(=O)O)C3)cc2s1. The Kier molecular flexibility index (Phi) is 3.25. The average molecular weight is 327 g/mol. The number of fused-ring (bicyclic) bond motifs is 1. The number of sulfone groups is 1. The second-order valence-electron chi connectivity index (χ2n) is 4.87. The summed E-state index contributed by atoms with van der Waals surface area (Å²) in [4.78, 5) is 16.3. The molecular formula is C12H13N3O4S2. The van der Waals surface area contributed by atoms with Crippen LogP contribution < -0.4 is 5.73 Å². The smallest absolute Gasteiger partial charge is 0.407 e. The van der Waals surface area contributed by atoms with Crippen molar-refractivity contribution in [2.75, 3.05) is 18.8 Å². The lowest BCUT2D eigenvalue weighted by atomic mass is 10.3. The number of thiazole rings is 1. The Balaban J connectivity index is 1.95. The van der Waals surface area contributed by atoms with Gasteiger partial charge in [0, 0.05) is 13.1 Å². The average Bonchev–Trinajstić information content (AvgIpc) is 3.03. The van der Waals surface area contributed by atoms with Crippen LogP contribution in [-0.4, -0.2) is 47.8 Å². The van der Waals surface area contributed by atoms with E-state index in [1.807, 2.05) is 0 Å². The van der Waals surface area contributed by atoms with E-state index in [0.717, 1.165) is 4.90 Å². The van der Waals surface area contributed by atoms with Crippen molar-refractivity contribution in [2.45, 2.75) is 16.6 Å². The number of nitrogen functional groups attached to an aromatic ring is 1. The zero-order chi connectivity index (χ0) is 15.2. The van der Waals surface area contributed by atoms with Gasteiger partial charge < -0.3 is 15.7 Å². The van der Waals surface area contributed by atoms with Gasteiger partial charge in [-0.2, -0.15) is 0 Å². The van der Waals surface area contributed by atoms with Gasteiger partial charge in [0.05, 0.1) is 20.4 Å². The van der Waals surface area contributed by atoms with Gasteiger partial charge in [-0.3, -0.25) is 0 Å². The molecule has 0 bridgehead atoms. The Morgan fingerprint density at radius 3 is 2.90 bits per heavy atom. The normalized spacial score (nSPS) is 19.2. The highest BCUT2D eigenvalue weighted by molar-refractivity contribution is 7.92. The fourth-order valence-electron chi connectivity index (χ4n) is 2.45. The van der Waals surface area contributed by atoms with E-state index in [1.54, 1.807) is 12.1 Å². The third-order valence-corrected chi connectivity index (χ3v) is 6.58. The zero-order valence-corrected chi connectivity index (χ0v) is 12.5. The molecule has 0 radical (unpaired) electrons. The molecule has 1 saturated heterocycles. The van der Waals surface area contributed by atoms with Crippen LogP contribution >= 0.6 is 11.3 Å². The Morgan fingerprint density at radius 1 is 1.48 bits per heavy atom. The minimum absolute atomic E-state index is 0.0144.